The second-order valence-corrected chi connectivity index (χ2v) is 15.6. The number of hydrogen-bond acceptors (Lipinski definition) is 11. The number of guanidine groups is 1. The summed E-state index contributed by atoms with van der Waals surface area (Å²) in [6.45, 7) is 0.638. The molecule has 0 spiro atoms. The van der Waals surface area contributed by atoms with Crippen molar-refractivity contribution < 1.29 is 38.3 Å². The first-order valence-corrected chi connectivity index (χ1v) is 20.6. The number of unbranched alkanes of at least 4 members (excludes halogenated alkanes) is 1. The number of hydrogen-bond donors (Lipinski definition) is 7. The molecule has 3 aromatic rings. The number of nitrogens with one attached hydrogen (secondary N) is 3. The summed E-state index contributed by atoms with van der Waals surface area (Å²) < 4.78 is 5.60. The molecule has 11 N–H and O–H groups in total. The van der Waals surface area contributed by atoms with E-state index in [-0.39, 0.29) is 75.1 Å². The lowest BCUT2D eigenvalue weighted by molar-refractivity contribution is -0.140. The first kappa shape index (κ1) is 44.1. The SMILES string of the molecule is NCCCC[C@H](NC(=O)[C@@H](N)CCCN=C(N)N)C(=O)NC(=O)c1ccc(C2CC(=O)CC3C(=O)N(CCNC(=O)OCC4c5ccccc5-c5ccccc54)C(=O)C32)cc1. The minimum Gasteiger partial charge on any atom is -0.449 e. The fourth-order valence-corrected chi connectivity index (χ4v) is 8.49. The van der Waals surface area contributed by atoms with Crippen LogP contribution in [-0.4, -0.2) is 97.1 Å². The molecule has 322 valence electrons. The van der Waals surface area contributed by atoms with Gasteiger partial charge in [-0.3, -0.25) is 44.0 Å². The van der Waals surface area contributed by atoms with Crippen molar-refractivity contribution in [3.05, 3.63) is 95.1 Å². The van der Waals surface area contributed by atoms with Crippen LogP contribution >= 0.6 is 0 Å². The Morgan fingerprint density at radius 1 is 0.803 bits per heavy atom. The molecule has 3 aromatic carbocycles. The fraction of sp³-hybridized carbons (Fsp3) is 0.409. The van der Waals surface area contributed by atoms with Crippen molar-refractivity contribution in [2.45, 2.75) is 68.9 Å². The van der Waals surface area contributed by atoms with Crippen LogP contribution in [0, 0.1) is 11.8 Å². The normalized spacial score (nSPS) is 19.0. The smallest absolute Gasteiger partial charge is 0.407 e. The zero-order chi connectivity index (χ0) is 43.6. The number of fused-ring (bicyclic) bond motifs is 4. The van der Waals surface area contributed by atoms with E-state index in [2.05, 4.69) is 20.9 Å². The largest absolute Gasteiger partial charge is 0.449 e. The number of amides is 6. The molecule has 2 fully saturated rings. The summed E-state index contributed by atoms with van der Waals surface area (Å²) >= 11 is 0. The van der Waals surface area contributed by atoms with Crippen LogP contribution in [0.3, 0.4) is 0 Å². The molecule has 61 heavy (non-hydrogen) atoms. The lowest BCUT2D eigenvalue weighted by Crippen LogP contribution is -2.52. The molecule has 3 unspecified atom stereocenters. The van der Waals surface area contributed by atoms with E-state index in [1.54, 1.807) is 12.1 Å². The molecular weight excluding hydrogens is 783 g/mol. The van der Waals surface area contributed by atoms with E-state index >= 15 is 0 Å². The Kier molecular flexibility index (Phi) is 14.6. The number of nitrogens with zero attached hydrogens (tertiary/aromatic N) is 2. The van der Waals surface area contributed by atoms with Gasteiger partial charge >= 0.3 is 6.09 Å². The van der Waals surface area contributed by atoms with Gasteiger partial charge in [-0.25, -0.2) is 4.79 Å². The summed E-state index contributed by atoms with van der Waals surface area (Å²) in [5, 5.41) is 7.63. The van der Waals surface area contributed by atoms with Crippen LogP contribution in [-0.2, 0) is 28.7 Å². The summed E-state index contributed by atoms with van der Waals surface area (Å²) in [6.07, 6.45) is 1.29. The van der Waals surface area contributed by atoms with Gasteiger partial charge in [-0.15, -0.1) is 0 Å². The predicted molar refractivity (Wildman–Crippen MR) is 225 cm³/mol. The van der Waals surface area contributed by atoms with Crippen LogP contribution in [0.1, 0.15) is 83.8 Å². The molecule has 1 aliphatic heterocycles. The molecule has 1 saturated carbocycles. The molecule has 0 radical (unpaired) electrons. The summed E-state index contributed by atoms with van der Waals surface area (Å²) in [5.74, 6) is -5.60. The number of Topliss-reactive ketones (excluding diaryl/α,β-unsaturated/α-hetero) is 1. The van der Waals surface area contributed by atoms with E-state index < -0.39 is 65.5 Å². The number of benzene rings is 3. The molecule has 5 atom stereocenters. The number of alkyl carbamates (subject to hydrolysis) is 1. The van der Waals surface area contributed by atoms with Crippen LogP contribution in [0.5, 0.6) is 0 Å². The van der Waals surface area contributed by atoms with E-state index in [4.69, 9.17) is 27.7 Å². The van der Waals surface area contributed by atoms with Crippen molar-refractivity contribution >= 4 is 47.4 Å². The molecule has 2 aliphatic carbocycles. The Morgan fingerprint density at radius 3 is 2.11 bits per heavy atom. The monoisotopic (exact) mass is 835 g/mol. The number of rotatable bonds is 18. The van der Waals surface area contributed by atoms with E-state index in [0.29, 0.717) is 31.4 Å². The van der Waals surface area contributed by atoms with E-state index in [1.807, 2.05) is 48.5 Å². The minimum absolute atomic E-state index is 0.0245. The van der Waals surface area contributed by atoms with Crippen LogP contribution in [0.25, 0.3) is 11.1 Å². The maximum absolute atomic E-state index is 13.8. The molecule has 6 rings (SSSR count). The van der Waals surface area contributed by atoms with Gasteiger partial charge in [0, 0.05) is 49.9 Å². The third-order valence-corrected chi connectivity index (χ3v) is 11.6. The average Bonchev–Trinajstić information content (AvgIpc) is 3.69. The summed E-state index contributed by atoms with van der Waals surface area (Å²) in [7, 11) is 0. The zero-order valence-corrected chi connectivity index (χ0v) is 33.8. The highest BCUT2D eigenvalue weighted by Crippen LogP contribution is 2.46. The van der Waals surface area contributed by atoms with Gasteiger partial charge in [0.2, 0.25) is 23.6 Å². The second-order valence-electron chi connectivity index (χ2n) is 15.6. The van der Waals surface area contributed by atoms with E-state index in [1.165, 1.54) is 12.1 Å². The molecule has 1 saturated heterocycles. The molecule has 17 nitrogen and oxygen atoms in total. The Labute approximate surface area is 353 Å². The first-order valence-electron chi connectivity index (χ1n) is 20.6. The van der Waals surface area contributed by atoms with Gasteiger partial charge in [0.05, 0.1) is 17.9 Å². The number of ketones is 1. The molecule has 0 aromatic heterocycles. The lowest BCUT2D eigenvalue weighted by Gasteiger charge is -2.30. The molecule has 6 amide bonds. The number of imide groups is 2. The van der Waals surface area contributed by atoms with Crippen molar-refractivity contribution in [2.75, 3.05) is 32.8 Å². The summed E-state index contributed by atoms with van der Waals surface area (Å²) in [5.41, 5.74) is 27.3. The molecule has 1 heterocycles. The Morgan fingerprint density at radius 2 is 1.46 bits per heavy atom. The van der Waals surface area contributed by atoms with E-state index in [0.717, 1.165) is 27.2 Å². The summed E-state index contributed by atoms with van der Waals surface area (Å²) in [6, 6.07) is 20.1. The molecule has 17 heteroatoms. The maximum Gasteiger partial charge on any atom is 0.407 e. The number of aliphatic imine (C=N–C) groups is 1. The van der Waals surface area contributed by atoms with Crippen molar-refractivity contribution in [3.63, 3.8) is 0 Å². The third-order valence-electron chi connectivity index (χ3n) is 11.6. The van der Waals surface area contributed by atoms with Crippen molar-refractivity contribution in [2.24, 2.45) is 39.8 Å². The molecule has 0 bridgehead atoms. The highest BCUT2D eigenvalue weighted by molar-refractivity contribution is 6.09. The van der Waals surface area contributed by atoms with E-state index in [9.17, 15) is 33.6 Å². The third kappa shape index (κ3) is 10.5. The Balaban J connectivity index is 1.02. The second kappa shape index (κ2) is 20.2. The van der Waals surface area contributed by atoms with Gasteiger partial charge in [-0.2, -0.15) is 0 Å². The van der Waals surface area contributed by atoms with Crippen LogP contribution in [0.2, 0.25) is 0 Å². The molecular formula is C44H53N9O8. The number of nitrogens with two attached hydrogens (primary N) is 4. The van der Waals surface area contributed by atoms with Crippen molar-refractivity contribution in [1.82, 2.24) is 20.9 Å². The highest BCUT2D eigenvalue weighted by Gasteiger charge is 2.54. The standard InChI is InChI=1S/C44H53N9O8/c45-18-6-5-13-36(51-39(56)35(46)12-7-19-49-43(47)48)40(57)52-38(55)26-16-14-25(15-17-26)32-22-27(54)23-33-37(32)42(59)53(41(33)58)21-20-50-44(60)61-24-34-30-10-3-1-8-28(30)29-9-2-4-11-31(29)34/h1-4,8-11,14-17,32-37H,5-7,12-13,18-24,45-46H2,(H,50,60)(H,51,56)(H4,47,48,49)(H,52,55,57)/t32?,33?,35-,36-,37?/m0/s1. The number of carbonyl (C=O) groups excluding carboxylic acids is 7. The number of ether oxygens (including phenoxy) is 1. The Bertz CT molecular complexity index is 2130. The minimum atomic E-state index is -1.06. The van der Waals surface area contributed by atoms with Gasteiger partial charge in [0.15, 0.2) is 5.96 Å². The molecule has 3 aliphatic rings. The van der Waals surface area contributed by atoms with Gasteiger partial charge in [0.25, 0.3) is 5.91 Å². The van der Waals surface area contributed by atoms with Gasteiger partial charge in [-0.05, 0) is 78.6 Å². The highest BCUT2D eigenvalue weighted by atomic mass is 16.5. The Hall–Kier alpha value is -6.46. The van der Waals surface area contributed by atoms with Crippen molar-refractivity contribution in [1.29, 1.82) is 0 Å². The number of likely N-dealkylation sites (tertiary alicyclic amines) is 1. The van der Waals surface area contributed by atoms with Crippen LogP contribution in [0.4, 0.5) is 4.79 Å². The van der Waals surface area contributed by atoms with Gasteiger partial charge < -0.3 is 38.3 Å². The number of carbonyl (C=O) groups is 7. The van der Waals surface area contributed by atoms with Crippen molar-refractivity contribution in [3.8, 4) is 11.1 Å². The zero-order valence-electron chi connectivity index (χ0n) is 33.8. The van der Waals surface area contributed by atoms with Crippen LogP contribution < -0.4 is 38.9 Å². The fourth-order valence-electron chi connectivity index (χ4n) is 8.49. The van der Waals surface area contributed by atoms with Gasteiger partial charge in [-0.1, -0.05) is 60.7 Å². The maximum atomic E-state index is 13.8. The summed E-state index contributed by atoms with van der Waals surface area (Å²) in [4.78, 5) is 97.3. The lowest BCUT2D eigenvalue weighted by atomic mass is 9.70. The first-order chi connectivity index (χ1) is 29.4. The average molecular weight is 836 g/mol. The predicted octanol–water partition coefficient (Wildman–Crippen LogP) is 1.52. The van der Waals surface area contributed by atoms with Crippen LogP contribution in [0.15, 0.2) is 77.8 Å². The topological polar surface area (TPSA) is 284 Å². The van der Waals surface area contributed by atoms with Gasteiger partial charge in [0.1, 0.15) is 18.4 Å². The quantitative estimate of drug-likeness (QED) is 0.0416.